The number of aliphatic hydroxyl groups excluding tert-OH is 2. The topological polar surface area (TPSA) is 124 Å². The summed E-state index contributed by atoms with van der Waals surface area (Å²) in [5.74, 6) is -0.600. The molecule has 34 heavy (non-hydrogen) atoms. The molecule has 1 amide bonds. The number of aliphatic hydroxyl groups is 2. The molecule has 8 heteroatoms. The van der Waals surface area contributed by atoms with Gasteiger partial charge in [-0.15, -0.1) is 0 Å². The van der Waals surface area contributed by atoms with Crippen molar-refractivity contribution < 1.29 is 33.5 Å². The third-order valence-corrected chi connectivity index (χ3v) is 10.9. The number of hydrogen-bond donors (Lipinski definition) is 4. The van der Waals surface area contributed by atoms with Crippen LogP contribution in [0, 0.1) is 46.3 Å². The zero-order chi connectivity index (χ0) is 28.5. The monoisotopic (exact) mass is 503 g/mol. The van der Waals surface area contributed by atoms with Crippen LogP contribution in [0.3, 0.4) is 0 Å². The summed E-state index contributed by atoms with van der Waals surface area (Å²) in [5, 5.41) is 24.6. The van der Waals surface area contributed by atoms with Gasteiger partial charge < -0.3 is 15.5 Å². The second-order valence-corrected chi connectivity index (χ2v) is 13.6. The van der Waals surface area contributed by atoms with E-state index in [1.165, 1.54) is 0 Å². The van der Waals surface area contributed by atoms with Crippen LogP contribution in [0.25, 0.3) is 0 Å². The molecule has 4 aliphatic rings. The van der Waals surface area contributed by atoms with Crippen molar-refractivity contribution >= 4 is 16.0 Å². The van der Waals surface area contributed by atoms with Crippen LogP contribution in [0.15, 0.2) is 0 Å². The van der Waals surface area contributed by atoms with Gasteiger partial charge in [-0.2, -0.15) is 8.42 Å². The van der Waals surface area contributed by atoms with E-state index in [9.17, 15) is 23.4 Å². The lowest BCUT2D eigenvalue weighted by molar-refractivity contribution is -0.174. The first-order chi connectivity index (χ1) is 17.3. The van der Waals surface area contributed by atoms with Crippen molar-refractivity contribution in [3.05, 3.63) is 0 Å². The summed E-state index contributed by atoms with van der Waals surface area (Å²) in [6.45, 7) is 6.30. The summed E-state index contributed by atoms with van der Waals surface area (Å²) in [5.41, 5.74) is -0.695. The van der Waals surface area contributed by atoms with Crippen LogP contribution in [0.1, 0.15) is 90.4 Å². The highest BCUT2D eigenvalue weighted by molar-refractivity contribution is 7.85. The maximum Gasteiger partial charge on any atom is 0.266 e. The third-order valence-electron chi connectivity index (χ3n) is 10.2. The van der Waals surface area contributed by atoms with Crippen molar-refractivity contribution in [2.75, 3.05) is 12.3 Å². The largest absolute Gasteiger partial charge is 0.393 e. The Morgan fingerprint density at radius 2 is 1.85 bits per heavy atom. The van der Waals surface area contributed by atoms with Crippen molar-refractivity contribution in [3.63, 3.8) is 0 Å². The second kappa shape index (κ2) is 9.64. The molecule has 0 bridgehead atoms. The fraction of sp³-hybridized carbons (Fsp3) is 0.962. The Morgan fingerprint density at radius 1 is 1.15 bits per heavy atom. The van der Waals surface area contributed by atoms with Crippen LogP contribution >= 0.6 is 0 Å². The van der Waals surface area contributed by atoms with Gasteiger partial charge in [0.05, 0.1) is 18.0 Å². The van der Waals surface area contributed by atoms with Crippen LogP contribution in [0.5, 0.6) is 0 Å². The number of carbonyl (C=O) groups is 1. The van der Waals surface area contributed by atoms with Crippen molar-refractivity contribution in [2.45, 2.75) is 97.1 Å². The van der Waals surface area contributed by atoms with Gasteiger partial charge in [-0.3, -0.25) is 9.35 Å². The van der Waals surface area contributed by atoms with E-state index in [1.807, 2.05) is 6.92 Å². The van der Waals surface area contributed by atoms with Crippen LogP contribution in [0.2, 0.25) is 0 Å². The Labute approximate surface area is 210 Å². The normalized spacial score (nSPS) is 49.8. The van der Waals surface area contributed by atoms with Gasteiger partial charge in [0, 0.05) is 18.4 Å². The van der Waals surface area contributed by atoms with Gasteiger partial charge in [0.25, 0.3) is 10.1 Å². The molecule has 0 spiro atoms. The van der Waals surface area contributed by atoms with Gasteiger partial charge in [0.2, 0.25) is 5.91 Å². The Bertz CT molecular complexity index is 1030. The molecule has 10 atom stereocenters. The summed E-state index contributed by atoms with van der Waals surface area (Å²) >= 11 is 0. The number of rotatable bonds is 7. The Balaban J connectivity index is 1.47. The van der Waals surface area contributed by atoms with E-state index in [2.05, 4.69) is 19.2 Å². The number of amides is 1. The highest BCUT2D eigenvalue weighted by Crippen LogP contribution is 2.68. The first kappa shape index (κ1) is 21.4. The average molecular weight is 504 g/mol. The first-order valence-electron chi connectivity index (χ1n) is 14.9. The Hall–Kier alpha value is -0.700. The van der Waals surface area contributed by atoms with E-state index < -0.39 is 52.2 Å². The SMILES string of the molecule is [2H]C1([2H])C[C@@]2(C)[C@H](C[C@H](O)[C@@H]3[C@@H]2CC[C@]2(C)[C@@H]([C@H](C)CCC(=O)NCCS(=O)(=O)O)CC[C@@H]32)C([2H])([2H])[C@@H]1O. The molecule has 196 valence electrons. The number of nitrogens with one attached hydrogen (secondary N) is 1. The van der Waals surface area contributed by atoms with Crippen LogP contribution in [-0.4, -0.2) is 53.6 Å². The standard InChI is InChI=1S/C26H45NO6S/c1-16(4-7-23(30)27-12-13-34(31,32)33)19-5-6-20-24-21(9-11-26(19,20)3)25(2)10-8-18(28)14-17(25)15-22(24)29/h16-22,24,28-29H,4-15H2,1-3H3,(H,27,30)(H,31,32,33)/t16-,17+,18-,19-,20+,21+,22+,24+,25+,26-/m1/s1/i8D2,14D2. The summed E-state index contributed by atoms with van der Waals surface area (Å²) in [7, 11) is -4.12. The van der Waals surface area contributed by atoms with Crippen LogP contribution in [-0.2, 0) is 14.9 Å². The fourth-order valence-corrected chi connectivity index (χ4v) is 8.81. The quantitative estimate of drug-likeness (QED) is 0.395. The van der Waals surface area contributed by atoms with Gasteiger partial charge >= 0.3 is 0 Å². The number of hydrogen-bond acceptors (Lipinski definition) is 5. The second-order valence-electron chi connectivity index (χ2n) is 12.0. The number of fused-ring (bicyclic) bond motifs is 5. The lowest BCUT2D eigenvalue weighted by atomic mass is 9.43. The summed E-state index contributed by atoms with van der Waals surface area (Å²) in [4.78, 5) is 12.2. The maximum atomic E-state index is 12.2. The van der Waals surface area contributed by atoms with E-state index in [1.54, 1.807) is 0 Å². The predicted octanol–water partition coefficient (Wildman–Crippen LogP) is 3.40. The molecule has 0 unspecified atom stereocenters. The van der Waals surface area contributed by atoms with Crippen molar-refractivity contribution in [2.24, 2.45) is 46.3 Å². The molecule has 0 aromatic heterocycles. The maximum absolute atomic E-state index is 12.2. The van der Waals surface area contributed by atoms with Crippen LogP contribution < -0.4 is 5.32 Å². The minimum atomic E-state index is -4.12. The van der Waals surface area contributed by atoms with Crippen LogP contribution in [0.4, 0.5) is 0 Å². The van der Waals surface area contributed by atoms with E-state index in [4.69, 9.17) is 10.0 Å². The molecule has 0 aromatic rings. The van der Waals surface area contributed by atoms with Gasteiger partial charge in [0.1, 0.15) is 0 Å². The summed E-state index contributed by atoms with van der Waals surface area (Å²) in [6, 6.07) is 0. The zero-order valence-corrected chi connectivity index (χ0v) is 21.5. The molecule has 0 radical (unpaired) electrons. The average Bonchev–Trinajstić information content (AvgIpc) is 3.14. The highest BCUT2D eigenvalue weighted by atomic mass is 32.2. The van der Waals surface area contributed by atoms with Gasteiger partial charge in [-0.25, -0.2) is 0 Å². The lowest BCUT2D eigenvalue weighted by Crippen LogP contribution is -2.58. The molecule has 4 fully saturated rings. The van der Waals surface area contributed by atoms with Crippen molar-refractivity contribution in [1.29, 1.82) is 0 Å². The summed E-state index contributed by atoms with van der Waals surface area (Å²) < 4.78 is 64.8. The molecule has 4 aliphatic carbocycles. The Kier molecular flexibility index (Phi) is 6.06. The summed E-state index contributed by atoms with van der Waals surface area (Å²) in [6.07, 6.45) is -1.72. The molecule has 4 rings (SSSR count). The molecular weight excluding hydrogens is 454 g/mol. The van der Waals surface area contributed by atoms with Gasteiger partial charge in [0.15, 0.2) is 0 Å². The van der Waals surface area contributed by atoms with E-state index in [-0.39, 0.29) is 60.8 Å². The first-order valence-corrected chi connectivity index (χ1v) is 14.5. The molecule has 7 nitrogen and oxygen atoms in total. The Morgan fingerprint density at radius 3 is 2.56 bits per heavy atom. The minimum Gasteiger partial charge on any atom is -0.393 e. The van der Waals surface area contributed by atoms with E-state index in [0.29, 0.717) is 12.3 Å². The molecular formula is C26H45NO6S. The highest BCUT2D eigenvalue weighted by Gasteiger charge is 2.62. The van der Waals surface area contributed by atoms with Gasteiger partial charge in [-0.1, -0.05) is 20.8 Å². The molecule has 0 aliphatic heterocycles. The molecule has 0 heterocycles. The van der Waals surface area contributed by atoms with Crippen molar-refractivity contribution in [1.82, 2.24) is 5.32 Å². The molecule has 4 N–H and O–H groups in total. The number of carbonyl (C=O) groups excluding carboxylic acids is 1. The molecule has 0 saturated heterocycles. The molecule has 4 saturated carbocycles. The van der Waals surface area contributed by atoms with E-state index in [0.717, 1.165) is 25.7 Å². The molecule has 0 aromatic carbocycles. The smallest absolute Gasteiger partial charge is 0.266 e. The van der Waals surface area contributed by atoms with E-state index >= 15 is 0 Å². The minimum absolute atomic E-state index is 0.0189. The lowest BCUT2D eigenvalue weighted by Gasteiger charge is -2.62. The fourth-order valence-electron chi connectivity index (χ4n) is 8.45. The zero-order valence-electron chi connectivity index (χ0n) is 24.7. The predicted molar refractivity (Wildman–Crippen MR) is 130 cm³/mol. The van der Waals surface area contributed by atoms with Gasteiger partial charge in [-0.05, 0) is 104 Å². The third kappa shape index (κ3) is 4.94. The van der Waals surface area contributed by atoms with Crippen molar-refractivity contribution in [3.8, 4) is 0 Å².